The van der Waals surface area contributed by atoms with Gasteiger partial charge in [-0.2, -0.15) is 0 Å². The van der Waals surface area contributed by atoms with Gasteiger partial charge in [0.05, 0.1) is 10.9 Å². The van der Waals surface area contributed by atoms with Crippen molar-refractivity contribution in [1.82, 2.24) is 15.0 Å². The first-order valence-corrected chi connectivity index (χ1v) is 25.5. The van der Waals surface area contributed by atoms with Crippen LogP contribution in [-0.4, -0.2) is 15.0 Å². The van der Waals surface area contributed by atoms with E-state index in [2.05, 4.69) is 206 Å². The third-order valence-electron chi connectivity index (χ3n) is 14.7. The van der Waals surface area contributed by atoms with Gasteiger partial charge in [-0.15, -0.1) is 11.3 Å². The zero-order valence-electron chi connectivity index (χ0n) is 39.3. The van der Waals surface area contributed by atoms with Crippen molar-refractivity contribution in [3.63, 3.8) is 0 Å². The summed E-state index contributed by atoms with van der Waals surface area (Å²) < 4.78 is 23.2. The molecule has 74 heavy (non-hydrogen) atoms. The molecule has 0 saturated heterocycles. The van der Waals surface area contributed by atoms with Gasteiger partial charge in [0.25, 0.3) is 0 Å². The molecule has 0 unspecified atom stereocenters. The molecule has 0 spiro atoms. The van der Waals surface area contributed by atoms with Crippen LogP contribution in [0.1, 0.15) is 0 Å². The first-order chi connectivity index (χ1) is 36.7. The highest BCUT2D eigenvalue weighted by atomic mass is 32.1. The Morgan fingerprint density at radius 2 is 0.905 bits per heavy atom. The summed E-state index contributed by atoms with van der Waals surface area (Å²) in [5, 5.41) is 8.18. The molecule has 0 aliphatic heterocycles. The molecule has 7 heteroatoms. The number of aromatic nitrogens is 3. The van der Waals surface area contributed by atoms with Crippen LogP contribution in [0.5, 0.6) is 0 Å². The first kappa shape index (κ1) is 41.0. The van der Waals surface area contributed by atoms with Gasteiger partial charge in [-0.25, -0.2) is 15.0 Å². The molecule has 0 N–H and O–H groups in total. The molecule has 16 rings (SSSR count). The number of rotatable bonds is 7. The summed E-state index contributed by atoms with van der Waals surface area (Å²) in [6, 6.07) is 78.3. The van der Waals surface area contributed by atoms with E-state index in [1.54, 1.807) is 11.3 Å². The van der Waals surface area contributed by atoms with Crippen LogP contribution in [0.3, 0.4) is 0 Å². The lowest BCUT2D eigenvalue weighted by Crippen LogP contribution is -2.02. The average molecular weight is 964 g/mol. The van der Waals surface area contributed by atoms with E-state index in [1.807, 2.05) is 18.2 Å². The highest BCUT2D eigenvalue weighted by molar-refractivity contribution is 7.26. The normalized spacial score (nSPS) is 12.1. The quantitative estimate of drug-likeness (QED) is 0.158. The van der Waals surface area contributed by atoms with Crippen molar-refractivity contribution in [3.8, 4) is 78.7 Å². The summed E-state index contributed by atoms with van der Waals surface area (Å²) in [5.41, 5.74) is 15.7. The summed E-state index contributed by atoms with van der Waals surface area (Å²) >= 11 is 1.77. The summed E-state index contributed by atoms with van der Waals surface area (Å²) in [4.78, 5) is 16.7. The summed E-state index contributed by atoms with van der Waals surface area (Å²) in [7, 11) is 0. The molecule has 0 fully saturated rings. The van der Waals surface area contributed by atoms with Crippen molar-refractivity contribution in [2.75, 3.05) is 0 Å². The maximum atomic E-state index is 7.66. The van der Waals surface area contributed by atoms with Crippen LogP contribution in [0.15, 0.2) is 238 Å². The minimum Gasteiger partial charge on any atom is -0.456 e. The van der Waals surface area contributed by atoms with Crippen molar-refractivity contribution in [3.05, 3.63) is 224 Å². The molecule has 0 aliphatic carbocycles. The Morgan fingerprint density at radius 3 is 1.72 bits per heavy atom. The van der Waals surface area contributed by atoms with Crippen molar-refractivity contribution >= 4 is 97.3 Å². The van der Waals surface area contributed by atoms with E-state index in [0.717, 1.165) is 142 Å². The molecule has 0 radical (unpaired) electrons. The van der Waals surface area contributed by atoms with E-state index < -0.39 is 0 Å². The van der Waals surface area contributed by atoms with Crippen molar-refractivity contribution in [2.24, 2.45) is 0 Å². The van der Waals surface area contributed by atoms with Gasteiger partial charge in [-0.05, 0) is 98.9 Å². The number of hydrogen-bond acceptors (Lipinski definition) is 7. The van der Waals surface area contributed by atoms with Gasteiger partial charge in [0.2, 0.25) is 0 Å². The molecular formula is C67H37N3O3S. The van der Waals surface area contributed by atoms with Crippen LogP contribution in [-0.2, 0) is 0 Å². The Morgan fingerprint density at radius 1 is 0.284 bits per heavy atom. The molecule has 0 amide bonds. The van der Waals surface area contributed by atoms with Gasteiger partial charge in [-0.3, -0.25) is 0 Å². The van der Waals surface area contributed by atoms with Crippen LogP contribution in [0.4, 0.5) is 0 Å². The highest BCUT2D eigenvalue weighted by Crippen LogP contribution is 2.53. The van der Waals surface area contributed by atoms with Crippen molar-refractivity contribution < 1.29 is 13.3 Å². The van der Waals surface area contributed by atoms with Crippen LogP contribution < -0.4 is 0 Å². The molecule has 5 heterocycles. The fourth-order valence-electron chi connectivity index (χ4n) is 11.3. The van der Waals surface area contributed by atoms with Crippen LogP contribution in [0.25, 0.3) is 165 Å². The highest BCUT2D eigenvalue weighted by Gasteiger charge is 2.29. The number of fused-ring (bicyclic) bond motifs is 5. The lowest BCUT2D eigenvalue weighted by molar-refractivity contribution is 0.660. The summed E-state index contributed by atoms with van der Waals surface area (Å²) in [5.74, 6) is 1.57. The smallest absolute Gasteiger partial charge is 0.167 e. The Balaban J connectivity index is 1.06. The van der Waals surface area contributed by atoms with E-state index in [1.165, 1.54) is 0 Å². The van der Waals surface area contributed by atoms with E-state index in [9.17, 15) is 0 Å². The van der Waals surface area contributed by atoms with Gasteiger partial charge in [0.1, 0.15) is 33.5 Å². The first-order valence-electron chi connectivity index (χ1n) is 24.7. The minimum absolute atomic E-state index is 0.484. The number of nitrogens with zero attached hydrogens (tertiary/aromatic N) is 3. The van der Waals surface area contributed by atoms with E-state index in [-0.39, 0.29) is 0 Å². The lowest BCUT2D eigenvalue weighted by atomic mass is 9.93. The fourth-order valence-corrected chi connectivity index (χ4v) is 12.6. The molecule has 0 bridgehead atoms. The second kappa shape index (κ2) is 15.9. The molecule has 16 aromatic rings. The monoisotopic (exact) mass is 963 g/mol. The Hall–Kier alpha value is -9.69. The lowest BCUT2D eigenvalue weighted by Gasteiger charge is -2.15. The standard InChI is InChI=1S/C67H37N3O3S/c1-4-16-38(17-5-1)41-23-14-24-44(34-41)65-68-66(47-31-30-42(39-18-6-2-7-19-39)35-49(47)40-20-8-3-9-21-40)70-67(69-65)51-37-50(46-27-15-29-53-57(46)48-26-12-13-28-52(48)71-53)64-61-60-56(74-64)33-32-54-58(60)59-55(72-54)36-43-22-10-11-25-45(43)62(59)73-63(51)61/h1-37H. The molecule has 0 aliphatic rings. The van der Waals surface area contributed by atoms with Gasteiger partial charge in [0.15, 0.2) is 17.5 Å². The Bertz CT molecular complexity index is 4900. The molecule has 5 aromatic heterocycles. The molecule has 0 saturated carbocycles. The Kier molecular flexibility index (Phi) is 8.81. The van der Waals surface area contributed by atoms with Gasteiger partial charge < -0.3 is 13.3 Å². The maximum Gasteiger partial charge on any atom is 0.167 e. The summed E-state index contributed by atoms with van der Waals surface area (Å²) in [6.07, 6.45) is 0. The predicted molar refractivity (Wildman–Crippen MR) is 304 cm³/mol. The largest absolute Gasteiger partial charge is 0.456 e. The minimum atomic E-state index is 0.484. The van der Waals surface area contributed by atoms with Gasteiger partial charge >= 0.3 is 0 Å². The SMILES string of the molecule is c1ccc(-c2cccc(-c3nc(-c4ccc(-c5ccccc5)cc4-c4ccccc4)nc(-c4cc(-c5cccc6oc7ccccc7c56)c5sc6ccc7oc8cc9ccccc9c9oc4c5c6c7c89)n3)c2)cc1. The van der Waals surface area contributed by atoms with Crippen LogP contribution in [0.2, 0.25) is 0 Å². The number of hydrogen-bond donors (Lipinski definition) is 0. The predicted octanol–water partition coefficient (Wildman–Crippen LogP) is 19.0. The number of benzene rings is 11. The zero-order valence-corrected chi connectivity index (χ0v) is 40.2. The fraction of sp³-hybridized carbons (Fsp3) is 0. The van der Waals surface area contributed by atoms with Crippen molar-refractivity contribution in [2.45, 2.75) is 0 Å². The van der Waals surface area contributed by atoms with E-state index in [0.29, 0.717) is 23.1 Å². The van der Waals surface area contributed by atoms with Crippen LogP contribution in [0, 0.1) is 0 Å². The van der Waals surface area contributed by atoms with E-state index >= 15 is 0 Å². The summed E-state index contributed by atoms with van der Waals surface area (Å²) in [6.45, 7) is 0. The molecule has 344 valence electrons. The topological polar surface area (TPSA) is 78.1 Å². The number of thiophene rings is 1. The molecular weight excluding hydrogens is 927 g/mol. The number of para-hydroxylation sites is 1. The van der Waals surface area contributed by atoms with Gasteiger partial charge in [-0.1, -0.05) is 170 Å². The second-order valence-electron chi connectivity index (χ2n) is 18.9. The third kappa shape index (κ3) is 6.20. The van der Waals surface area contributed by atoms with E-state index in [4.69, 9.17) is 28.2 Å². The molecule has 6 nitrogen and oxygen atoms in total. The second-order valence-corrected chi connectivity index (χ2v) is 20.0. The molecule has 0 atom stereocenters. The third-order valence-corrected chi connectivity index (χ3v) is 15.9. The van der Waals surface area contributed by atoms with Crippen molar-refractivity contribution in [1.29, 1.82) is 0 Å². The molecule has 11 aromatic carbocycles. The van der Waals surface area contributed by atoms with Gasteiger partial charge in [0, 0.05) is 58.4 Å². The number of furan rings is 2. The Labute approximate surface area is 426 Å². The van der Waals surface area contributed by atoms with Crippen LogP contribution >= 0.6 is 11.3 Å². The zero-order chi connectivity index (χ0) is 48.4. The average Bonchev–Trinajstić information content (AvgIpc) is 4.15. The maximum absolute atomic E-state index is 7.66.